The summed E-state index contributed by atoms with van der Waals surface area (Å²) in [5.41, 5.74) is 1.41. The number of nitrogens with one attached hydrogen (secondary N) is 1. The number of rotatable bonds is 5. The molecule has 1 aliphatic rings. The fourth-order valence-corrected chi connectivity index (χ4v) is 3.46. The second-order valence-corrected chi connectivity index (χ2v) is 6.69. The van der Waals surface area contributed by atoms with Crippen molar-refractivity contribution >= 4 is 11.7 Å². The summed E-state index contributed by atoms with van der Waals surface area (Å²) >= 11 is 0. The molecule has 0 unspecified atom stereocenters. The number of hydrogen-bond acceptors (Lipinski definition) is 4. The van der Waals surface area contributed by atoms with Crippen LogP contribution >= 0.6 is 0 Å². The quantitative estimate of drug-likeness (QED) is 0.766. The zero-order valence-corrected chi connectivity index (χ0v) is 14.6. The van der Waals surface area contributed by atoms with Gasteiger partial charge in [-0.2, -0.15) is 5.10 Å². The minimum absolute atomic E-state index is 0.262. The molecule has 0 aliphatic heterocycles. The second-order valence-electron chi connectivity index (χ2n) is 6.69. The molecule has 4 rings (SSSR count). The Labute approximate surface area is 152 Å². The van der Waals surface area contributed by atoms with Gasteiger partial charge in [-0.1, -0.05) is 54.8 Å². The molecular formula is C19H22N6O. The van der Waals surface area contributed by atoms with Gasteiger partial charge in [0.15, 0.2) is 5.69 Å². The topological polar surface area (TPSA) is 77.6 Å². The zero-order chi connectivity index (χ0) is 17.8. The molecule has 2 aromatic heterocycles. The van der Waals surface area contributed by atoms with Gasteiger partial charge in [0.25, 0.3) is 5.91 Å². The van der Waals surface area contributed by atoms with Crippen molar-refractivity contribution in [3.8, 4) is 0 Å². The van der Waals surface area contributed by atoms with Crippen LogP contribution in [-0.4, -0.2) is 30.7 Å². The average Bonchev–Trinajstić information content (AvgIpc) is 3.33. The minimum Gasteiger partial charge on any atom is -0.305 e. The summed E-state index contributed by atoms with van der Waals surface area (Å²) in [7, 11) is 0. The molecule has 1 saturated carbocycles. The third-order valence-corrected chi connectivity index (χ3v) is 4.79. The van der Waals surface area contributed by atoms with Gasteiger partial charge in [0.1, 0.15) is 5.82 Å². The second kappa shape index (κ2) is 7.51. The Morgan fingerprint density at radius 3 is 2.73 bits per heavy atom. The molecule has 3 aromatic rings. The number of carbonyl (C=O) groups is 1. The number of carbonyl (C=O) groups excluding carboxylic acids is 1. The first-order valence-electron chi connectivity index (χ1n) is 9.08. The molecule has 1 aliphatic carbocycles. The maximum Gasteiger partial charge on any atom is 0.278 e. The van der Waals surface area contributed by atoms with Crippen LogP contribution in [0, 0.1) is 0 Å². The highest BCUT2D eigenvalue weighted by Crippen LogP contribution is 2.29. The van der Waals surface area contributed by atoms with Gasteiger partial charge in [-0.05, 0) is 18.4 Å². The van der Waals surface area contributed by atoms with Gasteiger partial charge in [0, 0.05) is 6.07 Å². The van der Waals surface area contributed by atoms with Crippen molar-refractivity contribution in [1.82, 2.24) is 24.8 Å². The standard InChI is InChI=1S/C19H22N6O/c26-19(17-14-24(23-22-17)13-15-7-3-1-4-8-15)21-18-11-12-20-25(18)16-9-5-2-6-10-16/h1,3-4,7-8,11-12,14,16H,2,5-6,9-10,13H2,(H,21,26). The van der Waals surface area contributed by atoms with E-state index in [4.69, 9.17) is 0 Å². The first-order chi connectivity index (χ1) is 12.8. The molecule has 134 valence electrons. The Balaban J connectivity index is 1.43. The van der Waals surface area contributed by atoms with E-state index in [1.54, 1.807) is 17.1 Å². The lowest BCUT2D eigenvalue weighted by Crippen LogP contribution is -2.20. The summed E-state index contributed by atoms with van der Waals surface area (Å²) in [5.74, 6) is 0.460. The number of anilines is 1. The van der Waals surface area contributed by atoms with Gasteiger partial charge < -0.3 is 5.32 Å². The Morgan fingerprint density at radius 2 is 1.92 bits per heavy atom. The Morgan fingerprint density at radius 1 is 1.12 bits per heavy atom. The molecule has 26 heavy (non-hydrogen) atoms. The molecular weight excluding hydrogens is 328 g/mol. The van der Waals surface area contributed by atoms with E-state index in [0.29, 0.717) is 18.3 Å². The Bertz CT molecular complexity index is 863. The van der Waals surface area contributed by atoms with Gasteiger partial charge >= 0.3 is 0 Å². The van der Waals surface area contributed by atoms with E-state index >= 15 is 0 Å². The molecule has 0 saturated heterocycles. The average molecular weight is 350 g/mol. The van der Waals surface area contributed by atoms with Crippen LogP contribution < -0.4 is 5.32 Å². The highest BCUT2D eigenvalue weighted by atomic mass is 16.2. The molecule has 1 fully saturated rings. The van der Waals surface area contributed by atoms with Crippen molar-refractivity contribution < 1.29 is 4.79 Å². The molecule has 0 spiro atoms. The molecule has 1 amide bonds. The van der Waals surface area contributed by atoms with Crippen LogP contribution in [0.15, 0.2) is 48.8 Å². The van der Waals surface area contributed by atoms with Crippen molar-refractivity contribution in [2.24, 2.45) is 0 Å². The van der Waals surface area contributed by atoms with Crippen LogP contribution in [0.2, 0.25) is 0 Å². The number of aromatic nitrogens is 5. The number of nitrogens with zero attached hydrogens (tertiary/aromatic N) is 5. The summed E-state index contributed by atoms with van der Waals surface area (Å²) < 4.78 is 3.61. The van der Waals surface area contributed by atoms with Gasteiger partial charge in [-0.15, -0.1) is 5.10 Å². The number of amides is 1. The summed E-state index contributed by atoms with van der Waals surface area (Å²) in [4.78, 5) is 12.5. The predicted molar refractivity (Wildman–Crippen MR) is 97.9 cm³/mol. The molecule has 1 N–H and O–H groups in total. The lowest BCUT2D eigenvalue weighted by atomic mass is 9.96. The van der Waals surface area contributed by atoms with Crippen LogP contribution in [0.4, 0.5) is 5.82 Å². The van der Waals surface area contributed by atoms with Crippen molar-refractivity contribution in [2.75, 3.05) is 5.32 Å². The van der Waals surface area contributed by atoms with Gasteiger partial charge in [0.05, 0.1) is 25.0 Å². The van der Waals surface area contributed by atoms with Crippen LogP contribution in [0.5, 0.6) is 0 Å². The molecule has 2 heterocycles. The van der Waals surface area contributed by atoms with Crippen molar-refractivity contribution in [3.63, 3.8) is 0 Å². The normalized spacial score (nSPS) is 15.1. The fraction of sp³-hybridized carbons (Fsp3) is 0.368. The Kier molecular flexibility index (Phi) is 4.77. The third kappa shape index (κ3) is 3.66. The monoisotopic (exact) mass is 350 g/mol. The van der Waals surface area contributed by atoms with E-state index in [-0.39, 0.29) is 5.91 Å². The predicted octanol–water partition coefficient (Wildman–Crippen LogP) is 3.28. The molecule has 7 heteroatoms. The highest BCUT2D eigenvalue weighted by molar-refractivity contribution is 6.02. The molecule has 0 radical (unpaired) electrons. The summed E-state index contributed by atoms with van der Waals surface area (Å²) in [5, 5.41) is 15.4. The van der Waals surface area contributed by atoms with Gasteiger partial charge in [-0.3, -0.25) is 4.79 Å². The summed E-state index contributed by atoms with van der Waals surface area (Å²) in [6, 6.07) is 12.2. The zero-order valence-electron chi connectivity index (χ0n) is 14.6. The number of hydrogen-bond donors (Lipinski definition) is 1. The van der Waals surface area contributed by atoms with E-state index < -0.39 is 0 Å². The smallest absolute Gasteiger partial charge is 0.278 e. The van der Waals surface area contributed by atoms with E-state index in [2.05, 4.69) is 20.7 Å². The van der Waals surface area contributed by atoms with Crippen LogP contribution in [0.25, 0.3) is 0 Å². The first-order valence-corrected chi connectivity index (χ1v) is 9.08. The maximum atomic E-state index is 12.5. The van der Waals surface area contributed by atoms with E-state index in [9.17, 15) is 4.79 Å². The largest absolute Gasteiger partial charge is 0.305 e. The minimum atomic E-state index is -0.262. The first kappa shape index (κ1) is 16.5. The lowest BCUT2D eigenvalue weighted by Gasteiger charge is -2.23. The lowest BCUT2D eigenvalue weighted by molar-refractivity contribution is 0.102. The van der Waals surface area contributed by atoms with Gasteiger partial charge in [0.2, 0.25) is 0 Å². The fourth-order valence-electron chi connectivity index (χ4n) is 3.46. The maximum absolute atomic E-state index is 12.5. The molecule has 1 aromatic carbocycles. The van der Waals surface area contributed by atoms with Crippen molar-refractivity contribution in [2.45, 2.75) is 44.7 Å². The van der Waals surface area contributed by atoms with Crippen LogP contribution in [-0.2, 0) is 6.54 Å². The molecule has 0 atom stereocenters. The van der Waals surface area contributed by atoms with E-state index in [1.807, 2.05) is 41.1 Å². The van der Waals surface area contributed by atoms with Crippen LogP contribution in [0.1, 0.15) is 54.2 Å². The summed E-state index contributed by atoms with van der Waals surface area (Å²) in [6.07, 6.45) is 9.33. The Hall–Kier alpha value is -2.96. The highest BCUT2D eigenvalue weighted by Gasteiger charge is 2.20. The number of benzene rings is 1. The van der Waals surface area contributed by atoms with E-state index in [0.717, 1.165) is 24.2 Å². The summed E-state index contributed by atoms with van der Waals surface area (Å²) in [6.45, 7) is 0.584. The van der Waals surface area contributed by atoms with Crippen molar-refractivity contribution in [3.05, 3.63) is 60.0 Å². The van der Waals surface area contributed by atoms with Crippen molar-refractivity contribution in [1.29, 1.82) is 0 Å². The molecule has 7 nitrogen and oxygen atoms in total. The molecule has 0 bridgehead atoms. The van der Waals surface area contributed by atoms with Gasteiger partial charge in [-0.25, -0.2) is 9.36 Å². The third-order valence-electron chi connectivity index (χ3n) is 4.79. The SMILES string of the molecule is O=C(Nc1ccnn1C1CCCCC1)c1cn(Cc2ccccc2)nn1. The van der Waals surface area contributed by atoms with E-state index in [1.165, 1.54) is 19.3 Å². The van der Waals surface area contributed by atoms with Crippen LogP contribution in [0.3, 0.4) is 0 Å².